The van der Waals surface area contributed by atoms with Crippen molar-refractivity contribution in [3.8, 4) is 0 Å². The molecule has 0 aliphatic rings. The van der Waals surface area contributed by atoms with Crippen molar-refractivity contribution in [1.82, 2.24) is 0 Å². The zero-order valence-electron chi connectivity index (χ0n) is 11.4. The molecule has 5 heteroatoms. The van der Waals surface area contributed by atoms with Crippen molar-refractivity contribution >= 4 is 34.0 Å². The molecular formula is C16H14ClNO2S. The number of carbonyl (C=O) groups excluding carboxylic acids is 1. The van der Waals surface area contributed by atoms with Crippen LogP contribution < -0.4 is 5.32 Å². The second kappa shape index (κ2) is 7.20. The minimum Gasteiger partial charge on any atom is -0.321 e. The molecule has 3 nitrogen and oxygen atoms in total. The number of amides is 1. The Kier molecular flexibility index (Phi) is 5.31. The maximum atomic E-state index is 12.4. The van der Waals surface area contributed by atoms with Crippen molar-refractivity contribution in [2.45, 2.75) is 11.8 Å². The summed E-state index contributed by atoms with van der Waals surface area (Å²) in [7, 11) is -1.61. The summed E-state index contributed by atoms with van der Waals surface area (Å²) < 4.78 is 12.4. The van der Waals surface area contributed by atoms with Crippen LogP contribution >= 0.6 is 11.6 Å². The SMILES string of the molecule is Cc1ccc(NC(=O)/C(=C\Cl)S(=O)c2ccccc2)cc1. The Bertz CT molecular complexity index is 681. The molecule has 0 aliphatic carbocycles. The van der Waals surface area contributed by atoms with Gasteiger partial charge < -0.3 is 5.32 Å². The molecule has 0 bridgehead atoms. The molecule has 0 saturated carbocycles. The van der Waals surface area contributed by atoms with Gasteiger partial charge in [-0.1, -0.05) is 47.5 Å². The average molecular weight is 320 g/mol. The van der Waals surface area contributed by atoms with E-state index in [4.69, 9.17) is 11.6 Å². The number of halogens is 1. The largest absolute Gasteiger partial charge is 0.321 e. The maximum absolute atomic E-state index is 12.4. The minimum absolute atomic E-state index is 0.0171. The summed E-state index contributed by atoms with van der Waals surface area (Å²) in [4.78, 5) is 12.7. The zero-order chi connectivity index (χ0) is 15.2. The van der Waals surface area contributed by atoms with Gasteiger partial charge in [0.15, 0.2) is 0 Å². The quantitative estimate of drug-likeness (QED) is 0.871. The van der Waals surface area contributed by atoms with Crippen LogP contribution in [0, 0.1) is 6.92 Å². The molecule has 0 saturated heterocycles. The highest BCUT2D eigenvalue weighted by atomic mass is 35.5. The maximum Gasteiger partial charge on any atom is 0.265 e. The lowest BCUT2D eigenvalue weighted by atomic mass is 10.2. The Labute approximate surface area is 131 Å². The van der Waals surface area contributed by atoms with Crippen LogP contribution in [-0.4, -0.2) is 10.1 Å². The van der Waals surface area contributed by atoms with E-state index in [-0.39, 0.29) is 4.91 Å². The fourth-order valence-electron chi connectivity index (χ4n) is 1.67. The van der Waals surface area contributed by atoms with Gasteiger partial charge in [0.05, 0.1) is 10.8 Å². The summed E-state index contributed by atoms with van der Waals surface area (Å²) in [6, 6.07) is 16.0. The van der Waals surface area contributed by atoms with E-state index in [2.05, 4.69) is 5.32 Å². The van der Waals surface area contributed by atoms with Crippen LogP contribution in [0.25, 0.3) is 0 Å². The molecular weight excluding hydrogens is 306 g/mol. The third-order valence-corrected chi connectivity index (χ3v) is 4.54. The van der Waals surface area contributed by atoms with Crippen molar-refractivity contribution in [1.29, 1.82) is 0 Å². The van der Waals surface area contributed by atoms with Gasteiger partial charge in [0, 0.05) is 16.1 Å². The van der Waals surface area contributed by atoms with Crippen LogP contribution in [0.5, 0.6) is 0 Å². The zero-order valence-corrected chi connectivity index (χ0v) is 12.9. The number of rotatable bonds is 4. The Morgan fingerprint density at radius 1 is 1.10 bits per heavy atom. The van der Waals surface area contributed by atoms with Gasteiger partial charge in [-0.2, -0.15) is 0 Å². The summed E-state index contributed by atoms with van der Waals surface area (Å²) in [6.07, 6.45) is 0. The van der Waals surface area contributed by atoms with Gasteiger partial charge in [0.25, 0.3) is 5.91 Å². The number of aryl methyl sites for hydroxylation is 1. The van der Waals surface area contributed by atoms with Crippen LogP contribution in [-0.2, 0) is 15.6 Å². The van der Waals surface area contributed by atoms with Gasteiger partial charge in [0.1, 0.15) is 4.91 Å². The van der Waals surface area contributed by atoms with E-state index < -0.39 is 16.7 Å². The smallest absolute Gasteiger partial charge is 0.265 e. The number of anilines is 1. The summed E-state index contributed by atoms with van der Waals surface area (Å²) in [5.41, 5.74) is 2.78. The monoisotopic (exact) mass is 319 g/mol. The van der Waals surface area contributed by atoms with E-state index in [9.17, 15) is 9.00 Å². The lowest BCUT2D eigenvalue weighted by Gasteiger charge is -2.08. The molecule has 1 unspecified atom stereocenters. The Hall–Kier alpha value is -1.91. The van der Waals surface area contributed by atoms with Crippen molar-refractivity contribution in [2.24, 2.45) is 0 Å². The molecule has 21 heavy (non-hydrogen) atoms. The van der Waals surface area contributed by atoms with E-state index in [1.807, 2.05) is 25.1 Å². The molecule has 2 aromatic carbocycles. The van der Waals surface area contributed by atoms with Gasteiger partial charge in [-0.05, 0) is 31.2 Å². The first-order chi connectivity index (χ1) is 10.1. The molecule has 2 aromatic rings. The summed E-state index contributed by atoms with van der Waals surface area (Å²) in [5.74, 6) is -0.476. The Morgan fingerprint density at radius 2 is 1.71 bits per heavy atom. The van der Waals surface area contributed by atoms with E-state index in [0.717, 1.165) is 11.1 Å². The molecule has 108 valence electrons. The fourth-order valence-corrected chi connectivity index (χ4v) is 2.98. The molecule has 0 spiro atoms. The molecule has 1 atom stereocenters. The van der Waals surface area contributed by atoms with Crippen LogP contribution in [0.2, 0.25) is 0 Å². The standard InChI is InChI=1S/C16H14ClNO2S/c1-12-7-9-13(10-8-12)18-16(19)15(11-17)21(20)14-5-3-2-4-6-14/h2-11H,1H3,(H,18,19)/b15-11+. The molecule has 0 fully saturated rings. The lowest BCUT2D eigenvalue weighted by molar-refractivity contribution is -0.112. The van der Waals surface area contributed by atoms with Crippen LogP contribution in [0.3, 0.4) is 0 Å². The minimum atomic E-state index is -1.61. The van der Waals surface area contributed by atoms with E-state index in [0.29, 0.717) is 10.6 Å². The molecule has 0 aromatic heterocycles. The Morgan fingerprint density at radius 3 is 2.29 bits per heavy atom. The van der Waals surface area contributed by atoms with Crippen molar-refractivity contribution in [3.63, 3.8) is 0 Å². The molecule has 2 rings (SSSR count). The van der Waals surface area contributed by atoms with E-state index in [1.54, 1.807) is 36.4 Å². The second-order valence-corrected chi connectivity index (χ2v) is 6.04. The molecule has 0 radical (unpaired) electrons. The Balaban J connectivity index is 2.16. The molecule has 1 amide bonds. The van der Waals surface area contributed by atoms with Crippen molar-refractivity contribution in [3.05, 3.63) is 70.6 Å². The topological polar surface area (TPSA) is 46.2 Å². The second-order valence-electron chi connectivity index (χ2n) is 4.38. The van der Waals surface area contributed by atoms with Crippen molar-refractivity contribution in [2.75, 3.05) is 5.32 Å². The van der Waals surface area contributed by atoms with Gasteiger partial charge in [-0.25, -0.2) is 4.21 Å². The fraction of sp³-hybridized carbons (Fsp3) is 0.0625. The van der Waals surface area contributed by atoms with E-state index in [1.165, 1.54) is 0 Å². The predicted molar refractivity (Wildman–Crippen MR) is 86.6 cm³/mol. The van der Waals surface area contributed by atoms with Gasteiger partial charge >= 0.3 is 0 Å². The number of hydrogen-bond donors (Lipinski definition) is 1. The lowest BCUT2D eigenvalue weighted by Crippen LogP contribution is -2.17. The van der Waals surface area contributed by atoms with Crippen LogP contribution in [0.15, 0.2) is 69.9 Å². The number of carbonyl (C=O) groups is 1. The number of benzene rings is 2. The molecule has 0 aliphatic heterocycles. The highest BCUT2D eigenvalue weighted by Gasteiger charge is 2.18. The van der Waals surface area contributed by atoms with Gasteiger partial charge in [-0.3, -0.25) is 4.79 Å². The van der Waals surface area contributed by atoms with Crippen molar-refractivity contribution < 1.29 is 9.00 Å². The van der Waals surface area contributed by atoms with Crippen LogP contribution in [0.1, 0.15) is 5.56 Å². The average Bonchev–Trinajstić information content (AvgIpc) is 2.51. The summed E-state index contributed by atoms with van der Waals surface area (Å²) in [6.45, 7) is 1.96. The van der Waals surface area contributed by atoms with E-state index >= 15 is 0 Å². The third kappa shape index (κ3) is 4.03. The summed E-state index contributed by atoms with van der Waals surface area (Å²) in [5, 5.41) is 2.69. The molecule has 1 N–H and O–H groups in total. The van der Waals surface area contributed by atoms with Gasteiger partial charge in [-0.15, -0.1) is 0 Å². The third-order valence-electron chi connectivity index (χ3n) is 2.79. The summed E-state index contributed by atoms with van der Waals surface area (Å²) >= 11 is 5.68. The predicted octanol–water partition coefficient (Wildman–Crippen LogP) is 3.82. The molecule has 0 heterocycles. The number of nitrogens with one attached hydrogen (secondary N) is 1. The first kappa shape index (κ1) is 15.5. The first-order valence-corrected chi connectivity index (χ1v) is 7.85. The number of hydrogen-bond acceptors (Lipinski definition) is 2. The first-order valence-electron chi connectivity index (χ1n) is 6.27. The highest BCUT2D eigenvalue weighted by Crippen LogP contribution is 2.17. The van der Waals surface area contributed by atoms with Crippen LogP contribution in [0.4, 0.5) is 5.69 Å². The highest BCUT2D eigenvalue weighted by molar-refractivity contribution is 7.90. The normalized spacial score (nSPS) is 12.8. The van der Waals surface area contributed by atoms with Gasteiger partial charge in [0.2, 0.25) is 0 Å².